The molecule has 1 fully saturated rings. The van der Waals surface area contributed by atoms with Crippen molar-refractivity contribution in [1.82, 2.24) is 5.32 Å². The largest absolute Gasteiger partial charge is 0.480 e. The second-order valence-electron chi connectivity index (χ2n) is 11.6. The van der Waals surface area contributed by atoms with Crippen LogP contribution in [0.3, 0.4) is 0 Å². The third-order valence-corrected chi connectivity index (χ3v) is 9.44. The molecule has 0 unspecified atom stereocenters. The van der Waals surface area contributed by atoms with Crippen LogP contribution in [0.2, 0.25) is 0 Å². The average Bonchev–Trinajstić information content (AvgIpc) is 3.07. The predicted molar refractivity (Wildman–Crippen MR) is 182 cm³/mol. The van der Waals surface area contributed by atoms with Crippen LogP contribution in [-0.4, -0.2) is 37.5 Å². The van der Waals surface area contributed by atoms with Crippen molar-refractivity contribution < 1.29 is 19.1 Å². The minimum absolute atomic E-state index is 0.0165. The van der Waals surface area contributed by atoms with Crippen molar-refractivity contribution in [3.8, 4) is 18.1 Å². The van der Waals surface area contributed by atoms with Crippen LogP contribution in [0.1, 0.15) is 52.5 Å². The van der Waals surface area contributed by atoms with Crippen LogP contribution in [0.5, 0.6) is 5.75 Å². The van der Waals surface area contributed by atoms with E-state index in [0.29, 0.717) is 17.0 Å². The number of urea groups is 1. The van der Waals surface area contributed by atoms with E-state index >= 15 is 0 Å². The fourth-order valence-corrected chi connectivity index (χ4v) is 7.28. The normalized spacial score (nSPS) is 19.8. The molecule has 3 aliphatic rings. The fourth-order valence-electron chi connectivity index (χ4n) is 6.90. The molecule has 1 N–H and O–H groups in total. The second-order valence-corrected chi connectivity index (χ2v) is 12.5. The maximum absolute atomic E-state index is 14.2. The Balaban J connectivity index is 1.38. The first-order valence-electron chi connectivity index (χ1n) is 15.2. The molecule has 0 radical (unpaired) electrons. The lowest BCUT2D eigenvalue weighted by Gasteiger charge is -2.44. The highest BCUT2D eigenvalue weighted by Gasteiger charge is 2.40. The highest BCUT2D eigenvalue weighted by atomic mass is 79.9. The van der Waals surface area contributed by atoms with Crippen LogP contribution in [0.4, 0.5) is 16.2 Å². The lowest BCUT2D eigenvalue weighted by Crippen LogP contribution is -2.54. The molecule has 7 rings (SSSR count). The SMILES string of the molecule is C#CCOc1ccc(Br)cc1/C=C1\C(=O)NC(=O)N(c2cc3c4c(c2)[C@H](c2ccccc2)CCN4CC[C@@H]3c2ccccc2)C1=O. The van der Waals surface area contributed by atoms with Crippen LogP contribution < -0.4 is 19.9 Å². The molecule has 3 aliphatic heterocycles. The van der Waals surface area contributed by atoms with E-state index in [4.69, 9.17) is 11.2 Å². The Kier molecular flexibility index (Phi) is 7.93. The molecule has 46 heavy (non-hydrogen) atoms. The van der Waals surface area contributed by atoms with Gasteiger partial charge >= 0.3 is 6.03 Å². The van der Waals surface area contributed by atoms with Crippen molar-refractivity contribution in [2.45, 2.75) is 24.7 Å². The Morgan fingerprint density at radius 1 is 0.870 bits per heavy atom. The molecule has 0 aliphatic carbocycles. The van der Waals surface area contributed by atoms with Crippen LogP contribution in [0.15, 0.2) is 101 Å². The number of terminal acetylenes is 1. The summed E-state index contributed by atoms with van der Waals surface area (Å²) < 4.78 is 6.40. The molecule has 8 heteroatoms. The number of ether oxygens (including phenoxy) is 1. The molecule has 0 spiro atoms. The van der Waals surface area contributed by atoms with Gasteiger partial charge in [0.05, 0.1) is 5.69 Å². The monoisotopic (exact) mass is 671 g/mol. The van der Waals surface area contributed by atoms with Crippen molar-refractivity contribution in [3.05, 3.63) is 129 Å². The number of rotatable bonds is 6. The van der Waals surface area contributed by atoms with Crippen molar-refractivity contribution in [3.63, 3.8) is 0 Å². The molecule has 3 heterocycles. The number of halogens is 1. The minimum atomic E-state index is -0.784. The molecular weight excluding hydrogens is 642 g/mol. The highest BCUT2D eigenvalue weighted by molar-refractivity contribution is 9.10. The number of anilines is 2. The van der Waals surface area contributed by atoms with E-state index < -0.39 is 17.8 Å². The van der Waals surface area contributed by atoms with Gasteiger partial charge in [-0.3, -0.25) is 14.9 Å². The highest BCUT2D eigenvalue weighted by Crippen LogP contribution is 2.50. The minimum Gasteiger partial charge on any atom is -0.480 e. The quantitative estimate of drug-likeness (QED) is 0.136. The summed E-state index contributed by atoms with van der Waals surface area (Å²) in [5, 5.41) is 2.40. The zero-order chi connectivity index (χ0) is 31.8. The molecule has 4 amide bonds. The number of nitrogens with zero attached hydrogens (tertiary/aromatic N) is 2. The molecule has 4 aromatic carbocycles. The van der Waals surface area contributed by atoms with E-state index in [1.165, 1.54) is 22.9 Å². The third kappa shape index (κ3) is 5.37. The summed E-state index contributed by atoms with van der Waals surface area (Å²) in [7, 11) is 0. The zero-order valence-corrected chi connectivity index (χ0v) is 26.5. The first-order valence-corrected chi connectivity index (χ1v) is 16.0. The van der Waals surface area contributed by atoms with E-state index in [-0.39, 0.29) is 24.0 Å². The lowest BCUT2D eigenvalue weighted by molar-refractivity contribution is -0.122. The van der Waals surface area contributed by atoms with Gasteiger partial charge in [-0.25, -0.2) is 9.69 Å². The number of amides is 4. The molecule has 0 bridgehead atoms. The van der Waals surface area contributed by atoms with Crippen LogP contribution in [0.25, 0.3) is 6.08 Å². The molecule has 7 nitrogen and oxygen atoms in total. The number of imide groups is 2. The van der Waals surface area contributed by atoms with Crippen molar-refractivity contribution in [2.24, 2.45) is 0 Å². The Hall–Kier alpha value is -5.13. The van der Waals surface area contributed by atoms with Gasteiger partial charge in [-0.1, -0.05) is 82.5 Å². The van der Waals surface area contributed by atoms with Gasteiger partial charge in [0.1, 0.15) is 17.9 Å². The average molecular weight is 673 g/mol. The van der Waals surface area contributed by atoms with Gasteiger partial charge in [0.25, 0.3) is 11.8 Å². The van der Waals surface area contributed by atoms with Crippen LogP contribution in [-0.2, 0) is 9.59 Å². The lowest BCUT2D eigenvalue weighted by atomic mass is 9.76. The van der Waals surface area contributed by atoms with E-state index in [1.54, 1.807) is 18.2 Å². The first-order chi connectivity index (χ1) is 22.4. The maximum atomic E-state index is 14.2. The number of carbonyl (C=O) groups excluding carboxylic acids is 3. The maximum Gasteiger partial charge on any atom is 0.335 e. The topological polar surface area (TPSA) is 79.0 Å². The Morgan fingerprint density at radius 3 is 2.07 bits per heavy atom. The summed E-state index contributed by atoms with van der Waals surface area (Å²) in [6.45, 7) is 1.85. The van der Waals surface area contributed by atoms with E-state index in [0.717, 1.165) is 46.4 Å². The van der Waals surface area contributed by atoms with E-state index in [1.807, 2.05) is 48.5 Å². The summed E-state index contributed by atoms with van der Waals surface area (Å²) in [4.78, 5) is 44.4. The predicted octanol–water partition coefficient (Wildman–Crippen LogP) is 7.01. The Morgan fingerprint density at radius 2 is 1.48 bits per heavy atom. The van der Waals surface area contributed by atoms with Gasteiger partial charge in [-0.15, -0.1) is 6.42 Å². The second kappa shape index (κ2) is 12.3. The molecule has 0 aromatic heterocycles. The molecule has 228 valence electrons. The third-order valence-electron chi connectivity index (χ3n) is 8.94. The molecular formula is C38H30BrN3O4. The number of benzene rings is 4. The van der Waals surface area contributed by atoms with Crippen molar-refractivity contribution >= 4 is 51.2 Å². The summed E-state index contributed by atoms with van der Waals surface area (Å²) in [5.41, 5.74) is 6.40. The number of hydrogen-bond donors (Lipinski definition) is 1. The number of carbonyl (C=O) groups is 3. The summed E-state index contributed by atoms with van der Waals surface area (Å²) in [6.07, 6.45) is 8.65. The van der Waals surface area contributed by atoms with Gasteiger partial charge in [0.2, 0.25) is 0 Å². The number of hydrogen-bond acceptors (Lipinski definition) is 5. The number of barbiturate groups is 1. The van der Waals surface area contributed by atoms with Crippen LogP contribution >= 0.6 is 15.9 Å². The summed E-state index contributed by atoms with van der Waals surface area (Å²) in [6, 6.07) is 29.0. The van der Waals surface area contributed by atoms with E-state index in [2.05, 4.69) is 56.3 Å². The molecule has 4 aromatic rings. The van der Waals surface area contributed by atoms with Crippen molar-refractivity contribution in [1.29, 1.82) is 0 Å². The zero-order valence-electron chi connectivity index (χ0n) is 24.9. The Bertz CT molecular complexity index is 1860. The molecule has 2 atom stereocenters. The summed E-state index contributed by atoms with van der Waals surface area (Å²) in [5.74, 6) is 1.52. The fraction of sp³-hybridized carbons (Fsp3) is 0.184. The van der Waals surface area contributed by atoms with Gasteiger partial charge in [-0.05, 0) is 71.5 Å². The van der Waals surface area contributed by atoms with E-state index in [9.17, 15) is 14.4 Å². The first kappa shape index (κ1) is 29.6. The van der Waals surface area contributed by atoms with Gasteiger partial charge in [0.15, 0.2) is 0 Å². The van der Waals surface area contributed by atoms with Gasteiger partial charge < -0.3 is 9.64 Å². The van der Waals surface area contributed by atoms with Gasteiger partial charge in [0, 0.05) is 40.6 Å². The van der Waals surface area contributed by atoms with Crippen molar-refractivity contribution in [2.75, 3.05) is 29.5 Å². The standard InChI is InChI=1S/C38H30BrN3O4/c1-2-19-46-34-14-13-27(39)20-26(34)21-33-36(43)40-38(45)42(37(33)44)28-22-31-29(24-9-5-3-6-10-24)15-17-41-18-16-30(32(23-28)35(31)41)25-11-7-4-8-12-25/h1,3-14,20-23,29-30H,15-19H2,(H,40,43,45)/b33-21+/t29-,30+. The van der Waals surface area contributed by atoms with Gasteiger partial charge in [-0.2, -0.15) is 0 Å². The molecule has 1 saturated heterocycles. The smallest absolute Gasteiger partial charge is 0.335 e. The number of nitrogens with one attached hydrogen (secondary N) is 1. The Labute approximate surface area is 276 Å². The molecule has 0 saturated carbocycles. The van der Waals surface area contributed by atoms with Crippen LogP contribution in [0, 0.1) is 12.3 Å². The summed E-state index contributed by atoms with van der Waals surface area (Å²) >= 11 is 3.45.